The van der Waals surface area contributed by atoms with Gasteiger partial charge in [-0.15, -0.1) is 0 Å². The second-order valence-corrected chi connectivity index (χ2v) is 9.26. The number of nitrogens with one attached hydrogen (secondary N) is 1. The number of dihydropyridines is 1. The van der Waals surface area contributed by atoms with Gasteiger partial charge in [0.25, 0.3) is 0 Å². The number of ether oxygens (including phenoxy) is 2. The fraction of sp³-hybridized carbons (Fsp3) is 0.500. The molecule has 0 aromatic heterocycles. The first-order valence-electron chi connectivity index (χ1n) is 11.6. The van der Waals surface area contributed by atoms with Gasteiger partial charge in [0.1, 0.15) is 17.8 Å². The van der Waals surface area contributed by atoms with Crippen LogP contribution in [-0.2, 0) is 23.9 Å². The van der Waals surface area contributed by atoms with E-state index in [9.17, 15) is 18.8 Å². The summed E-state index contributed by atoms with van der Waals surface area (Å²) in [6, 6.07) is 5.90. The number of rotatable bonds is 4. The van der Waals surface area contributed by atoms with Crippen LogP contribution >= 0.6 is 0 Å². The lowest BCUT2D eigenvalue weighted by Crippen LogP contribution is -2.43. The topological polar surface area (TPSA) is 81.7 Å². The van der Waals surface area contributed by atoms with Crippen LogP contribution in [0.4, 0.5) is 4.39 Å². The van der Waals surface area contributed by atoms with Gasteiger partial charge >= 0.3 is 11.9 Å². The van der Waals surface area contributed by atoms with Crippen molar-refractivity contribution in [3.8, 4) is 0 Å². The third-order valence-corrected chi connectivity index (χ3v) is 6.97. The molecule has 1 fully saturated rings. The summed E-state index contributed by atoms with van der Waals surface area (Å²) >= 11 is 0. The van der Waals surface area contributed by atoms with Crippen molar-refractivity contribution in [2.45, 2.75) is 64.4 Å². The molecule has 0 spiro atoms. The first-order chi connectivity index (χ1) is 15.8. The molecule has 7 heteroatoms. The molecule has 0 bridgehead atoms. The van der Waals surface area contributed by atoms with Crippen molar-refractivity contribution in [3.05, 3.63) is 58.2 Å². The number of hydrogen-bond acceptors (Lipinski definition) is 6. The Morgan fingerprint density at radius 1 is 1.15 bits per heavy atom. The molecule has 1 heterocycles. The van der Waals surface area contributed by atoms with Crippen LogP contribution < -0.4 is 5.32 Å². The first-order valence-corrected chi connectivity index (χ1v) is 11.6. The molecule has 176 valence electrons. The van der Waals surface area contributed by atoms with E-state index in [2.05, 4.69) is 5.32 Å². The summed E-state index contributed by atoms with van der Waals surface area (Å²) in [7, 11) is 1.26. The molecular formula is C26H30FNO5. The molecule has 1 aromatic carbocycles. The Morgan fingerprint density at radius 3 is 2.55 bits per heavy atom. The third kappa shape index (κ3) is 4.45. The van der Waals surface area contributed by atoms with E-state index in [4.69, 9.17) is 9.47 Å². The van der Waals surface area contributed by atoms with Crippen molar-refractivity contribution < 1.29 is 28.2 Å². The zero-order chi connectivity index (χ0) is 23.7. The summed E-state index contributed by atoms with van der Waals surface area (Å²) in [6.07, 6.45) is 5.04. The van der Waals surface area contributed by atoms with E-state index in [-0.39, 0.29) is 17.6 Å². The lowest BCUT2D eigenvalue weighted by Gasteiger charge is -2.38. The maximum absolute atomic E-state index is 14.2. The molecule has 1 N–H and O–H groups in total. The van der Waals surface area contributed by atoms with Gasteiger partial charge in [-0.25, -0.2) is 9.18 Å². The van der Waals surface area contributed by atoms with Gasteiger partial charge < -0.3 is 14.8 Å². The predicted molar refractivity (Wildman–Crippen MR) is 119 cm³/mol. The standard InChI is InChI=1S/C26H30FNO5/c1-14-12-19-23(24(29)20(14)25(30)32-3)22(16-8-7-9-17(27)13-16)21(15(2)28-19)26(31)33-18-10-5-4-6-11-18/h7-9,13-14,18,20,22,28H,4-6,10-12H2,1-3H3/t14-,20-,22+/m0/s1. The van der Waals surface area contributed by atoms with Gasteiger partial charge in [0.05, 0.1) is 12.7 Å². The van der Waals surface area contributed by atoms with Crippen molar-refractivity contribution >= 4 is 17.7 Å². The van der Waals surface area contributed by atoms with Gasteiger partial charge in [-0.1, -0.05) is 25.5 Å². The molecule has 4 rings (SSSR count). The minimum Gasteiger partial charge on any atom is -0.468 e. The highest BCUT2D eigenvalue weighted by Crippen LogP contribution is 2.45. The second kappa shape index (κ2) is 9.49. The molecule has 1 saturated carbocycles. The van der Waals surface area contributed by atoms with Crippen LogP contribution in [0.5, 0.6) is 0 Å². The maximum Gasteiger partial charge on any atom is 0.337 e. The Labute approximate surface area is 193 Å². The average Bonchev–Trinajstić information content (AvgIpc) is 2.78. The Balaban J connectivity index is 1.78. The summed E-state index contributed by atoms with van der Waals surface area (Å²) in [6.45, 7) is 3.60. The summed E-state index contributed by atoms with van der Waals surface area (Å²) in [5.41, 5.74) is 2.33. The van der Waals surface area contributed by atoms with Gasteiger partial charge in [0.15, 0.2) is 5.78 Å². The minimum atomic E-state index is -0.972. The van der Waals surface area contributed by atoms with Crippen LogP contribution in [0.1, 0.15) is 63.9 Å². The SMILES string of the molecule is COC(=O)[C@@H]1C(=O)C2=C(C[C@@H]1C)NC(C)=C(C(=O)OC1CCCCC1)[C@H]2c1cccc(F)c1. The number of ketones is 1. The van der Waals surface area contributed by atoms with Crippen LogP contribution in [0.3, 0.4) is 0 Å². The smallest absolute Gasteiger partial charge is 0.337 e. The zero-order valence-corrected chi connectivity index (χ0v) is 19.3. The molecule has 33 heavy (non-hydrogen) atoms. The van der Waals surface area contributed by atoms with E-state index in [1.54, 1.807) is 19.1 Å². The Kier molecular flexibility index (Phi) is 6.68. The Bertz CT molecular complexity index is 1040. The fourth-order valence-electron chi connectivity index (χ4n) is 5.37. The lowest BCUT2D eigenvalue weighted by molar-refractivity contribution is -0.151. The first kappa shape index (κ1) is 23.2. The molecule has 3 aliphatic rings. The molecule has 1 aromatic rings. The zero-order valence-electron chi connectivity index (χ0n) is 19.3. The van der Waals surface area contributed by atoms with Gasteiger partial charge in [0, 0.05) is 22.9 Å². The highest BCUT2D eigenvalue weighted by molar-refractivity contribution is 6.12. The highest BCUT2D eigenvalue weighted by atomic mass is 19.1. The van der Waals surface area contributed by atoms with Crippen LogP contribution in [0.25, 0.3) is 0 Å². The van der Waals surface area contributed by atoms with E-state index in [1.165, 1.54) is 19.2 Å². The monoisotopic (exact) mass is 455 g/mol. The van der Waals surface area contributed by atoms with Crippen molar-refractivity contribution in [1.82, 2.24) is 5.32 Å². The lowest BCUT2D eigenvalue weighted by atomic mass is 9.69. The molecule has 6 nitrogen and oxygen atoms in total. The van der Waals surface area contributed by atoms with Crippen molar-refractivity contribution in [2.75, 3.05) is 7.11 Å². The number of hydrogen-bond donors (Lipinski definition) is 1. The number of esters is 2. The van der Waals surface area contributed by atoms with Gasteiger partial charge in [-0.2, -0.15) is 0 Å². The van der Waals surface area contributed by atoms with E-state index in [1.807, 2.05) is 6.92 Å². The number of allylic oxidation sites excluding steroid dienone is 3. The number of halogens is 1. The molecule has 0 saturated heterocycles. The molecule has 0 unspecified atom stereocenters. The summed E-state index contributed by atoms with van der Waals surface area (Å²) in [5.74, 6) is -4.03. The van der Waals surface area contributed by atoms with Crippen LogP contribution in [0.15, 0.2) is 46.8 Å². The third-order valence-electron chi connectivity index (χ3n) is 6.97. The number of carbonyl (C=O) groups excluding carboxylic acids is 3. The number of methoxy groups -OCH3 is 1. The molecule has 1 aliphatic heterocycles. The largest absolute Gasteiger partial charge is 0.468 e. The van der Waals surface area contributed by atoms with E-state index < -0.39 is 35.4 Å². The fourth-order valence-corrected chi connectivity index (χ4v) is 5.37. The normalized spacial score (nSPS) is 25.9. The van der Waals surface area contributed by atoms with Crippen molar-refractivity contribution in [3.63, 3.8) is 0 Å². The Morgan fingerprint density at radius 2 is 1.88 bits per heavy atom. The summed E-state index contributed by atoms with van der Waals surface area (Å²) < 4.78 is 25.0. The highest BCUT2D eigenvalue weighted by Gasteiger charge is 2.47. The second-order valence-electron chi connectivity index (χ2n) is 9.26. The van der Waals surface area contributed by atoms with Crippen LogP contribution in [0.2, 0.25) is 0 Å². The minimum absolute atomic E-state index is 0.167. The van der Waals surface area contributed by atoms with E-state index in [0.717, 1.165) is 32.1 Å². The Hall–Kier alpha value is -2.96. The quantitative estimate of drug-likeness (QED) is 0.538. The molecule has 2 aliphatic carbocycles. The average molecular weight is 456 g/mol. The van der Waals surface area contributed by atoms with Crippen LogP contribution in [0, 0.1) is 17.7 Å². The van der Waals surface area contributed by atoms with Gasteiger partial charge in [-0.05, 0) is 62.6 Å². The van der Waals surface area contributed by atoms with Crippen molar-refractivity contribution in [1.29, 1.82) is 0 Å². The van der Waals surface area contributed by atoms with Crippen LogP contribution in [-0.4, -0.2) is 30.9 Å². The summed E-state index contributed by atoms with van der Waals surface area (Å²) in [5, 5.41) is 3.23. The maximum atomic E-state index is 14.2. The summed E-state index contributed by atoms with van der Waals surface area (Å²) in [4.78, 5) is 39.5. The van der Waals surface area contributed by atoms with E-state index >= 15 is 0 Å². The van der Waals surface area contributed by atoms with E-state index in [0.29, 0.717) is 29.0 Å². The molecule has 0 amide bonds. The van der Waals surface area contributed by atoms with Crippen molar-refractivity contribution in [2.24, 2.45) is 11.8 Å². The molecule has 0 radical (unpaired) electrons. The number of benzene rings is 1. The van der Waals surface area contributed by atoms with Gasteiger partial charge in [-0.3, -0.25) is 9.59 Å². The molecular weight excluding hydrogens is 425 g/mol. The number of carbonyl (C=O) groups is 3. The number of Topliss-reactive ketones (excluding diaryl/α,β-unsaturated/α-hetero) is 1. The van der Waals surface area contributed by atoms with Gasteiger partial charge in [0.2, 0.25) is 0 Å². The predicted octanol–water partition coefficient (Wildman–Crippen LogP) is 4.31. The molecule has 3 atom stereocenters.